The van der Waals surface area contributed by atoms with Crippen molar-refractivity contribution in [3.63, 3.8) is 0 Å². The molecule has 3 aromatic rings. The molecule has 2 aromatic carbocycles. The average Bonchev–Trinajstić information content (AvgIpc) is 2.59. The lowest BCUT2D eigenvalue weighted by Gasteiger charge is -2.09. The number of fused-ring (bicyclic) bond motifs is 1. The molecule has 3 rings (SSSR count). The van der Waals surface area contributed by atoms with Gasteiger partial charge in [0.25, 0.3) is 0 Å². The van der Waals surface area contributed by atoms with Crippen molar-refractivity contribution in [2.75, 3.05) is 18.5 Å². The highest BCUT2D eigenvalue weighted by molar-refractivity contribution is 5.89. The number of anilines is 1. The lowest BCUT2D eigenvalue weighted by molar-refractivity contribution is 0.308. The Morgan fingerprint density at radius 1 is 1.00 bits per heavy atom. The third-order valence-corrected chi connectivity index (χ3v) is 3.67. The van der Waals surface area contributed by atoms with Crippen LogP contribution < -0.4 is 10.1 Å². The number of unbranched alkanes of at least 4 members (excludes halogenated alkanes) is 1. The van der Waals surface area contributed by atoms with Gasteiger partial charge in [-0.15, -0.1) is 0 Å². The first-order valence-corrected chi connectivity index (χ1v) is 7.96. The highest BCUT2D eigenvalue weighted by Crippen LogP contribution is 2.20. The maximum absolute atomic E-state index is 5.69. The second-order valence-electron chi connectivity index (χ2n) is 5.54. The SMILES string of the molecule is Cc1ccc2ncnc(NCCCCOc3ccccc3)c2c1. The van der Waals surface area contributed by atoms with Gasteiger partial charge in [0.15, 0.2) is 0 Å². The van der Waals surface area contributed by atoms with Crippen molar-refractivity contribution >= 4 is 16.7 Å². The molecular weight excluding hydrogens is 286 g/mol. The minimum absolute atomic E-state index is 0.731. The molecule has 0 spiro atoms. The summed E-state index contributed by atoms with van der Waals surface area (Å²) < 4.78 is 5.69. The van der Waals surface area contributed by atoms with E-state index in [-0.39, 0.29) is 0 Å². The Bertz CT molecular complexity index is 759. The molecule has 1 heterocycles. The van der Waals surface area contributed by atoms with Crippen molar-refractivity contribution in [2.45, 2.75) is 19.8 Å². The summed E-state index contributed by atoms with van der Waals surface area (Å²) >= 11 is 0. The molecule has 0 bridgehead atoms. The topological polar surface area (TPSA) is 47.0 Å². The van der Waals surface area contributed by atoms with E-state index >= 15 is 0 Å². The Hall–Kier alpha value is -2.62. The maximum atomic E-state index is 5.69. The van der Waals surface area contributed by atoms with Crippen molar-refractivity contribution in [3.05, 3.63) is 60.4 Å². The Kier molecular flexibility index (Phi) is 5.04. The van der Waals surface area contributed by atoms with Gasteiger partial charge in [0, 0.05) is 11.9 Å². The van der Waals surface area contributed by atoms with Gasteiger partial charge in [0.2, 0.25) is 0 Å². The highest BCUT2D eigenvalue weighted by atomic mass is 16.5. The van der Waals surface area contributed by atoms with Gasteiger partial charge in [-0.05, 0) is 44.0 Å². The van der Waals surface area contributed by atoms with Gasteiger partial charge in [0.1, 0.15) is 17.9 Å². The number of aromatic nitrogens is 2. The number of nitrogens with zero attached hydrogens (tertiary/aromatic N) is 2. The van der Waals surface area contributed by atoms with Gasteiger partial charge >= 0.3 is 0 Å². The molecule has 0 atom stereocenters. The third kappa shape index (κ3) is 4.19. The summed E-state index contributed by atoms with van der Waals surface area (Å²) in [6.45, 7) is 3.69. The molecule has 0 unspecified atom stereocenters. The monoisotopic (exact) mass is 307 g/mol. The first kappa shape index (κ1) is 15.3. The summed E-state index contributed by atoms with van der Waals surface area (Å²) in [5.41, 5.74) is 2.19. The van der Waals surface area contributed by atoms with E-state index in [9.17, 15) is 0 Å². The molecule has 0 aliphatic heterocycles. The second kappa shape index (κ2) is 7.58. The average molecular weight is 307 g/mol. The van der Waals surface area contributed by atoms with Crippen LogP contribution in [0.1, 0.15) is 18.4 Å². The fourth-order valence-electron chi connectivity index (χ4n) is 2.45. The lowest BCUT2D eigenvalue weighted by Crippen LogP contribution is -2.06. The first-order chi connectivity index (χ1) is 11.3. The number of hydrogen-bond donors (Lipinski definition) is 1. The predicted octanol–water partition coefficient (Wildman–Crippen LogP) is 4.21. The Balaban J connectivity index is 1.47. The van der Waals surface area contributed by atoms with E-state index in [2.05, 4.69) is 34.3 Å². The van der Waals surface area contributed by atoms with E-state index in [4.69, 9.17) is 4.74 Å². The van der Waals surface area contributed by atoms with Crippen LogP contribution in [0.3, 0.4) is 0 Å². The van der Waals surface area contributed by atoms with Gasteiger partial charge < -0.3 is 10.1 Å². The van der Waals surface area contributed by atoms with Gasteiger partial charge in [-0.1, -0.05) is 29.8 Å². The van der Waals surface area contributed by atoms with Crippen LogP contribution in [-0.4, -0.2) is 23.1 Å². The van der Waals surface area contributed by atoms with E-state index in [1.165, 1.54) is 5.56 Å². The minimum atomic E-state index is 0.731. The van der Waals surface area contributed by atoms with Gasteiger partial charge in [-0.3, -0.25) is 0 Å². The molecule has 0 radical (unpaired) electrons. The lowest BCUT2D eigenvalue weighted by atomic mass is 10.1. The van der Waals surface area contributed by atoms with E-state index in [1.807, 2.05) is 36.4 Å². The molecule has 1 aromatic heterocycles. The fraction of sp³-hybridized carbons (Fsp3) is 0.263. The molecule has 1 N–H and O–H groups in total. The first-order valence-electron chi connectivity index (χ1n) is 7.96. The Labute approximate surface area is 136 Å². The summed E-state index contributed by atoms with van der Waals surface area (Å²) in [6, 6.07) is 16.1. The summed E-state index contributed by atoms with van der Waals surface area (Å²) in [7, 11) is 0. The summed E-state index contributed by atoms with van der Waals surface area (Å²) in [4.78, 5) is 8.66. The summed E-state index contributed by atoms with van der Waals surface area (Å²) in [6.07, 6.45) is 3.65. The molecule has 0 saturated heterocycles. The Morgan fingerprint density at radius 3 is 2.74 bits per heavy atom. The molecule has 0 aliphatic carbocycles. The van der Waals surface area contributed by atoms with Gasteiger partial charge in [0.05, 0.1) is 12.1 Å². The van der Waals surface area contributed by atoms with Crippen LogP contribution in [0.15, 0.2) is 54.9 Å². The molecule has 118 valence electrons. The highest BCUT2D eigenvalue weighted by Gasteiger charge is 2.03. The van der Waals surface area contributed by atoms with Crippen molar-refractivity contribution in [2.24, 2.45) is 0 Å². The number of rotatable bonds is 7. The maximum Gasteiger partial charge on any atom is 0.137 e. The largest absolute Gasteiger partial charge is 0.494 e. The zero-order valence-corrected chi connectivity index (χ0v) is 13.3. The van der Waals surface area contributed by atoms with Gasteiger partial charge in [-0.25, -0.2) is 9.97 Å². The number of ether oxygens (including phenoxy) is 1. The van der Waals surface area contributed by atoms with E-state index in [1.54, 1.807) is 6.33 Å². The number of benzene rings is 2. The molecule has 0 amide bonds. The van der Waals surface area contributed by atoms with Gasteiger partial charge in [-0.2, -0.15) is 0 Å². The molecular formula is C19H21N3O. The van der Waals surface area contributed by atoms with Crippen LogP contribution in [0.25, 0.3) is 10.9 Å². The number of para-hydroxylation sites is 1. The van der Waals surface area contributed by atoms with Crippen molar-refractivity contribution in [1.82, 2.24) is 9.97 Å². The quantitative estimate of drug-likeness (QED) is 0.664. The smallest absolute Gasteiger partial charge is 0.137 e. The van der Waals surface area contributed by atoms with Crippen LogP contribution in [0, 0.1) is 6.92 Å². The molecule has 23 heavy (non-hydrogen) atoms. The summed E-state index contributed by atoms with van der Waals surface area (Å²) in [5, 5.41) is 4.48. The number of hydrogen-bond acceptors (Lipinski definition) is 4. The fourth-order valence-corrected chi connectivity index (χ4v) is 2.45. The predicted molar refractivity (Wildman–Crippen MR) is 93.9 cm³/mol. The zero-order chi connectivity index (χ0) is 15.9. The van der Waals surface area contributed by atoms with E-state index < -0.39 is 0 Å². The van der Waals surface area contributed by atoms with Crippen LogP contribution in [0.2, 0.25) is 0 Å². The molecule has 4 nitrogen and oxygen atoms in total. The van der Waals surface area contributed by atoms with E-state index in [0.717, 1.165) is 48.5 Å². The number of aryl methyl sites for hydroxylation is 1. The molecule has 4 heteroatoms. The molecule has 0 aliphatic rings. The normalized spacial score (nSPS) is 10.7. The van der Waals surface area contributed by atoms with Crippen LogP contribution in [0.4, 0.5) is 5.82 Å². The number of nitrogens with one attached hydrogen (secondary N) is 1. The van der Waals surface area contributed by atoms with Crippen molar-refractivity contribution < 1.29 is 4.74 Å². The zero-order valence-electron chi connectivity index (χ0n) is 13.3. The standard InChI is InChI=1S/C19H21N3O/c1-15-9-10-18-17(13-15)19(22-14-21-18)20-11-5-6-12-23-16-7-3-2-4-8-16/h2-4,7-10,13-14H,5-6,11-12H2,1H3,(H,20,21,22). The van der Waals surface area contributed by atoms with Crippen LogP contribution in [0.5, 0.6) is 5.75 Å². The van der Waals surface area contributed by atoms with Crippen molar-refractivity contribution in [1.29, 1.82) is 0 Å². The summed E-state index contributed by atoms with van der Waals surface area (Å²) in [5.74, 6) is 1.83. The minimum Gasteiger partial charge on any atom is -0.494 e. The second-order valence-corrected chi connectivity index (χ2v) is 5.54. The van der Waals surface area contributed by atoms with Crippen LogP contribution in [-0.2, 0) is 0 Å². The third-order valence-electron chi connectivity index (χ3n) is 3.67. The van der Waals surface area contributed by atoms with Crippen molar-refractivity contribution in [3.8, 4) is 5.75 Å². The Morgan fingerprint density at radius 2 is 1.87 bits per heavy atom. The molecule has 0 saturated carbocycles. The van der Waals surface area contributed by atoms with E-state index in [0.29, 0.717) is 0 Å². The van der Waals surface area contributed by atoms with Crippen LogP contribution >= 0.6 is 0 Å². The molecule has 0 fully saturated rings.